The van der Waals surface area contributed by atoms with E-state index in [-0.39, 0.29) is 18.4 Å². The quantitative estimate of drug-likeness (QED) is 0.832. The van der Waals surface area contributed by atoms with Crippen molar-refractivity contribution < 1.29 is 19.4 Å². The van der Waals surface area contributed by atoms with Crippen molar-refractivity contribution in [1.82, 2.24) is 4.90 Å². The number of carbonyl (C=O) groups excluding carboxylic acids is 1. The molecule has 1 aromatic rings. The van der Waals surface area contributed by atoms with Crippen LogP contribution in [0.5, 0.6) is 0 Å². The normalized spacial score (nSPS) is 23.3. The molecule has 2 rings (SSSR count). The van der Waals surface area contributed by atoms with Crippen LogP contribution >= 0.6 is 0 Å². The molecule has 1 fully saturated rings. The van der Waals surface area contributed by atoms with Crippen molar-refractivity contribution in [3.05, 3.63) is 35.9 Å². The summed E-state index contributed by atoms with van der Waals surface area (Å²) in [5, 5.41) is 10.1. The van der Waals surface area contributed by atoms with Gasteiger partial charge in [0, 0.05) is 6.54 Å². The zero-order valence-corrected chi connectivity index (χ0v) is 15.4. The Bertz CT molecular complexity index is 587. The molecule has 2 atom stereocenters. The Labute approximate surface area is 150 Å². The van der Waals surface area contributed by atoms with E-state index in [2.05, 4.69) is 0 Å². The molecule has 138 valence electrons. The maximum absolute atomic E-state index is 12.8. The molecule has 5 nitrogen and oxygen atoms in total. The number of nitrogens with zero attached hydrogens (tertiary/aromatic N) is 1. The first-order chi connectivity index (χ1) is 11.9. The number of rotatable bonds is 6. The van der Waals surface area contributed by atoms with Crippen LogP contribution in [0.4, 0.5) is 4.79 Å². The molecule has 0 aromatic heterocycles. The minimum absolute atomic E-state index is 0.0667. The summed E-state index contributed by atoms with van der Waals surface area (Å²) >= 11 is 0. The van der Waals surface area contributed by atoms with Crippen LogP contribution in [0.15, 0.2) is 30.3 Å². The molecular weight excluding hydrogens is 318 g/mol. The van der Waals surface area contributed by atoms with Gasteiger partial charge >= 0.3 is 12.1 Å². The summed E-state index contributed by atoms with van der Waals surface area (Å²) in [6, 6.07) is 9.44. The second-order valence-electron chi connectivity index (χ2n) is 7.11. The van der Waals surface area contributed by atoms with Crippen molar-refractivity contribution in [2.45, 2.75) is 58.6 Å². The second kappa shape index (κ2) is 8.37. The SMILES string of the molecule is CCN(C(=O)OCc1ccccc1)C1(C(=O)O)CCCCC1C(C)C. The van der Waals surface area contributed by atoms with Gasteiger partial charge in [0.05, 0.1) is 0 Å². The molecule has 1 amide bonds. The molecule has 1 N–H and O–H groups in total. The standard InChI is InChI=1S/C20H29NO4/c1-4-21(19(24)25-14-16-10-6-5-7-11-16)20(18(22)23)13-9-8-12-17(20)15(2)3/h5-7,10-11,15,17H,4,8-9,12-14H2,1-3H3,(H,22,23). The minimum atomic E-state index is -1.17. The van der Waals surface area contributed by atoms with Crippen LogP contribution in [0.3, 0.4) is 0 Å². The predicted molar refractivity (Wildman–Crippen MR) is 96.2 cm³/mol. The third-order valence-electron chi connectivity index (χ3n) is 5.33. The smallest absolute Gasteiger partial charge is 0.411 e. The Morgan fingerprint density at radius 3 is 2.52 bits per heavy atom. The lowest BCUT2D eigenvalue weighted by atomic mass is 9.67. The van der Waals surface area contributed by atoms with E-state index in [9.17, 15) is 14.7 Å². The third kappa shape index (κ3) is 3.97. The van der Waals surface area contributed by atoms with Crippen molar-refractivity contribution >= 4 is 12.1 Å². The van der Waals surface area contributed by atoms with E-state index in [1.165, 1.54) is 4.90 Å². The lowest BCUT2D eigenvalue weighted by Gasteiger charge is -2.48. The first kappa shape index (κ1) is 19.3. The Morgan fingerprint density at radius 2 is 1.96 bits per heavy atom. The highest BCUT2D eigenvalue weighted by molar-refractivity contribution is 5.85. The summed E-state index contributed by atoms with van der Waals surface area (Å²) < 4.78 is 5.46. The van der Waals surface area contributed by atoms with Crippen LogP contribution in [0.2, 0.25) is 0 Å². The van der Waals surface area contributed by atoms with Gasteiger partial charge in [0.25, 0.3) is 0 Å². The summed E-state index contributed by atoms with van der Waals surface area (Å²) in [5.74, 6) is -0.792. The van der Waals surface area contributed by atoms with Crippen molar-refractivity contribution in [2.24, 2.45) is 11.8 Å². The zero-order chi connectivity index (χ0) is 18.4. The van der Waals surface area contributed by atoms with Gasteiger partial charge in [0.2, 0.25) is 0 Å². The summed E-state index contributed by atoms with van der Waals surface area (Å²) in [6.07, 6.45) is 2.60. The van der Waals surface area contributed by atoms with Crippen molar-refractivity contribution in [2.75, 3.05) is 6.54 Å². The number of amides is 1. The lowest BCUT2D eigenvalue weighted by molar-refractivity contribution is -0.159. The molecule has 25 heavy (non-hydrogen) atoms. The molecule has 0 radical (unpaired) electrons. The van der Waals surface area contributed by atoms with Gasteiger partial charge in [0.1, 0.15) is 12.1 Å². The van der Waals surface area contributed by atoms with Crippen molar-refractivity contribution in [3.63, 3.8) is 0 Å². The molecule has 1 aromatic carbocycles. The van der Waals surface area contributed by atoms with Gasteiger partial charge in [-0.3, -0.25) is 4.90 Å². The van der Waals surface area contributed by atoms with Gasteiger partial charge in [-0.2, -0.15) is 0 Å². The van der Waals surface area contributed by atoms with Gasteiger partial charge < -0.3 is 9.84 Å². The first-order valence-electron chi connectivity index (χ1n) is 9.15. The molecule has 1 saturated carbocycles. The number of likely N-dealkylation sites (N-methyl/N-ethyl adjacent to an activating group) is 1. The van der Waals surface area contributed by atoms with E-state index in [1.807, 2.05) is 51.1 Å². The van der Waals surface area contributed by atoms with Gasteiger partial charge in [-0.15, -0.1) is 0 Å². The van der Waals surface area contributed by atoms with Crippen molar-refractivity contribution in [1.29, 1.82) is 0 Å². The summed E-state index contributed by atoms with van der Waals surface area (Å²) in [4.78, 5) is 26.5. The Kier molecular flexibility index (Phi) is 6.45. The maximum Gasteiger partial charge on any atom is 0.411 e. The van der Waals surface area contributed by atoms with Crippen molar-refractivity contribution in [3.8, 4) is 0 Å². The molecule has 5 heteroatoms. The molecule has 0 heterocycles. The van der Waals surface area contributed by atoms with E-state index in [0.29, 0.717) is 13.0 Å². The first-order valence-corrected chi connectivity index (χ1v) is 9.15. The van der Waals surface area contributed by atoms with Crippen LogP contribution in [0, 0.1) is 11.8 Å². The monoisotopic (exact) mass is 347 g/mol. The molecule has 0 aliphatic heterocycles. The van der Waals surface area contributed by atoms with Crippen LogP contribution in [-0.2, 0) is 16.1 Å². The number of hydrogen-bond donors (Lipinski definition) is 1. The fourth-order valence-electron chi connectivity index (χ4n) is 4.16. The third-order valence-corrected chi connectivity index (χ3v) is 5.33. The fourth-order valence-corrected chi connectivity index (χ4v) is 4.16. The second-order valence-corrected chi connectivity index (χ2v) is 7.11. The highest BCUT2D eigenvalue weighted by Gasteiger charge is 2.54. The van der Waals surface area contributed by atoms with Gasteiger partial charge in [-0.05, 0) is 37.2 Å². The number of ether oxygens (including phenoxy) is 1. The van der Waals surface area contributed by atoms with Crippen LogP contribution < -0.4 is 0 Å². The van der Waals surface area contributed by atoms with E-state index < -0.39 is 17.6 Å². The number of benzene rings is 1. The number of carboxylic acid groups (broad SMARTS) is 1. The molecule has 0 saturated heterocycles. The van der Waals surface area contributed by atoms with Gasteiger partial charge in [0.15, 0.2) is 0 Å². The number of carboxylic acids is 1. The minimum Gasteiger partial charge on any atom is -0.479 e. The zero-order valence-electron chi connectivity index (χ0n) is 15.4. The van der Waals surface area contributed by atoms with Gasteiger partial charge in [-0.25, -0.2) is 9.59 Å². The Morgan fingerprint density at radius 1 is 1.28 bits per heavy atom. The molecule has 1 aliphatic carbocycles. The molecular formula is C20H29NO4. The van der Waals surface area contributed by atoms with Gasteiger partial charge in [-0.1, -0.05) is 57.0 Å². The summed E-state index contributed by atoms with van der Waals surface area (Å²) in [6.45, 7) is 6.37. The average Bonchev–Trinajstić information content (AvgIpc) is 2.61. The Balaban J connectivity index is 2.24. The van der Waals surface area contributed by atoms with Crippen LogP contribution in [-0.4, -0.2) is 34.2 Å². The number of carbonyl (C=O) groups is 2. The van der Waals surface area contributed by atoms with E-state index in [1.54, 1.807) is 0 Å². The summed E-state index contributed by atoms with van der Waals surface area (Å²) in [5.41, 5.74) is -0.282. The largest absolute Gasteiger partial charge is 0.479 e. The highest BCUT2D eigenvalue weighted by atomic mass is 16.6. The van der Waals surface area contributed by atoms with E-state index in [0.717, 1.165) is 24.8 Å². The fraction of sp³-hybridized carbons (Fsp3) is 0.600. The molecule has 2 unspecified atom stereocenters. The highest BCUT2D eigenvalue weighted by Crippen LogP contribution is 2.43. The van der Waals surface area contributed by atoms with E-state index in [4.69, 9.17) is 4.74 Å². The Hall–Kier alpha value is -2.04. The predicted octanol–water partition coefficient (Wildman–Crippen LogP) is 4.31. The summed E-state index contributed by atoms with van der Waals surface area (Å²) in [7, 11) is 0. The van der Waals surface area contributed by atoms with Crippen LogP contribution in [0.1, 0.15) is 52.0 Å². The molecule has 0 spiro atoms. The van der Waals surface area contributed by atoms with Crippen LogP contribution in [0.25, 0.3) is 0 Å². The average molecular weight is 347 g/mol. The lowest BCUT2D eigenvalue weighted by Crippen LogP contribution is -2.63. The topological polar surface area (TPSA) is 66.8 Å². The molecule has 1 aliphatic rings. The molecule has 0 bridgehead atoms. The number of hydrogen-bond acceptors (Lipinski definition) is 3. The van der Waals surface area contributed by atoms with E-state index >= 15 is 0 Å². The number of aliphatic carboxylic acids is 1. The maximum atomic E-state index is 12.8.